The molecule has 1 aliphatic rings. The van der Waals surface area contributed by atoms with Crippen molar-refractivity contribution in [2.45, 2.75) is 44.9 Å². The van der Waals surface area contributed by atoms with Gasteiger partial charge < -0.3 is 0 Å². The van der Waals surface area contributed by atoms with Crippen LogP contribution in [0, 0.1) is 0 Å². The molecule has 0 aromatic carbocycles. The van der Waals surface area contributed by atoms with Crippen molar-refractivity contribution in [3.8, 4) is 0 Å². The third kappa shape index (κ3) is 2.74. The van der Waals surface area contributed by atoms with Gasteiger partial charge in [-0.2, -0.15) is 10.2 Å². The molecule has 2 unspecified atom stereocenters. The van der Waals surface area contributed by atoms with Gasteiger partial charge in [0.2, 0.25) is 0 Å². The Morgan fingerprint density at radius 1 is 0.667 bits per heavy atom. The third-order valence-corrected chi connectivity index (χ3v) is 4.03. The van der Waals surface area contributed by atoms with Gasteiger partial charge in [0.25, 0.3) is 0 Å². The number of hydrogen-bond donors (Lipinski definition) is 0. The Bertz CT molecular complexity index is 320. The largest absolute Gasteiger partial charge is 0.150 e. The van der Waals surface area contributed by atoms with E-state index in [1.54, 1.807) is 0 Å². The zero-order valence-corrected chi connectivity index (χ0v) is 11.3. The Hall–Kier alpha value is -0.0600. The lowest BCUT2D eigenvalue weighted by atomic mass is 10.0. The smallest absolute Gasteiger partial charge is 0.0830 e. The summed E-state index contributed by atoms with van der Waals surface area (Å²) in [6.45, 7) is 0. The van der Waals surface area contributed by atoms with Crippen LogP contribution in [-0.4, -0.2) is 10.2 Å². The van der Waals surface area contributed by atoms with Crippen molar-refractivity contribution in [3.63, 3.8) is 0 Å². The van der Waals surface area contributed by atoms with E-state index in [2.05, 4.69) is 28.7 Å². The van der Waals surface area contributed by atoms with E-state index >= 15 is 0 Å². The fourth-order valence-corrected chi connectivity index (χ4v) is 2.98. The number of fused-ring (bicyclic) bond motifs is 1. The van der Waals surface area contributed by atoms with Gasteiger partial charge in [0.15, 0.2) is 0 Å². The molecule has 1 aromatic heterocycles. The molecular weight excluding hydrogens is 222 g/mol. The first kappa shape index (κ1) is 11.4. The van der Waals surface area contributed by atoms with E-state index in [4.69, 9.17) is 0 Å². The maximum Gasteiger partial charge on any atom is 0.0830 e. The lowest BCUT2D eigenvalue weighted by Gasteiger charge is -2.11. The van der Waals surface area contributed by atoms with Crippen LogP contribution in [0.25, 0.3) is 0 Å². The van der Waals surface area contributed by atoms with Gasteiger partial charge in [-0.1, -0.05) is 37.7 Å². The molecule has 0 saturated carbocycles. The van der Waals surface area contributed by atoms with Gasteiger partial charge in [0.1, 0.15) is 0 Å². The number of aromatic nitrogens is 2. The molecule has 0 fully saturated rings. The Balaban J connectivity index is 2.36. The maximum absolute atomic E-state index is 4.19. The van der Waals surface area contributed by atoms with Crippen LogP contribution in [0.2, 0.25) is 0 Å². The zero-order valence-electron chi connectivity index (χ0n) is 9.00. The summed E-state index contributed by atoms with van der Waals surface area (Å²) in [6.07, 6.45) is 9.04. The summed E-state index contributed by atoms with van der Waals surface area (Å²) in [5.41, 5.74) is 4.97. The Kier molecular flexibility index (Phi) is 4.05. The van der Waals surface area contributed by atoms with Crippen molar-refractivity contribution in [3.05, 3.63) is 11.1 Å². The lowest BCUT2D eigenvalue weighted by Crippen LogP contribution is -2.21. The molecule has 0 aliphatic heterocycles. The van der Waals surface area contributed by atoms with Crippen molar-refractivity contribution in [1.82, 2.24) is 10.2 Å². The predicted molar refractivity (Wildman–Crippen MR) is 71.2 cm³/mol. The first-order valence-electron chi connectivity index (χ1n) is 5.68. The Morgan fingerprint density at radius 3 is 1.53 bits per heavy atom. The fraction of sp³-hybridized carbons (Fsp3) is 0.636. The van der Waals surface area contributed by atoms with E-state index in [0.29, 0.717) is 0 Å². The van der Waals surface area contributed by atoms with Gasteiger partial charge in [-0.3, -0.25) is 0 Å². The molecule has 0 spiro atoms. The van der Waals surface area contributed by atoms with Gasteiger partial charge in [-0.05, 0) is 36.8 Å². The molecule has 0 amide bonds. The van der Waals surface area contributed by atoms with Gasteiger partial charge in [0.05, 0.1) is 10.9 Å². The molecule has 15 heavy (non-hydrogen) atoms. The average Bonchev–Trinajstić information content (AvgIpc) is 2.35. The highest BCUT2D eigenvalue weighted by Crippen LogP contribution is 2.18. The Labute approximate surface area is 96.0 Å². The fourth-order valence-electron chi connectivity index (χ4n) is 2.23. The molecule has 0 radical (unpaired) electrons. The van der Waals surface area contributed by atoms with Crippen LogP contribution >= 0.6 is 18.5 Å². The number of rotatable bonds is 0. The van der Waals surface area contributed by atoms with Gasteiger partial charge >= 0.3 is 0 Å². The van der Waals surface area contributed by atoms with Crippen LogP contribution in [-0.2, 0) is 12.8 Å². The van der Waals surface area contributed by atoms with Crippen molar-refractivity contribution >= 4 is 29.3 Å². The van der Waals surface area contributed by atoms with E-state index in [9.17, 15) is 0 Å². The van der Waals surface area contributed by atoms with Crippen LogP contribution in [0.5, 0.6) is 0 Å². The van der Waals surface area contributed by atoms with E-state index in [1.165, 1.54) is 56.1 Å². The SMILES string of the molecule is Pc1nnc(P)c2c1CCCCCCC2. The van der Waals surface area contributed by atoms with Gasteiger partial charge in [-0.25, -0.2) is 0 Å². The van der Waals surface area contributed by atoms with E-state index in [-0.39, 0.29) is 0 Å². The summed E-state index contributed by atoms with van der Waals surface area (Å²) in [5, 5.41) is 8.37. The minimum Gasteiger partial charge on any atom is -0.150 e. The Morgan fingerprint density at radius 2 is 1.07 bits per heavy atom. The molecule has 82 valence electrons. The summed E-state index contributed by atoms with van der Waals surface area (Å²) in [7, 11) is 5.45. The molecule has 0 saturated heterocycles. The molecule has 2 rings (SSSR count). The average molecular weight is 240 g/mol. The van der Waals surface area contributed by atoms with Crippen molar-refractivity contribution in [2.24, 2.45) is 0 Å². The molecule has 2 nitrogen and oxygen atoms in total. The summed E-state index contributed by atoms with van der Waals surface area (Å²) < 4.78 is 0. The summed E-state index contributed by atoms with van der Waals surface area (Å²) in [6, 6.07) is 0. The molecular formula is C11H18N2P2. The second-order valence-electron chi connectivity index (χ2n) is 4.20. The van der Waals surface area contributed by atoms with Crippen molar-refractivity contribution in [2.75, 3.05) is 0 Å². The molecule has 1 aromatic rings. The second kappa shape index (κ2) is 5.32. The van der Waals surface area contributed by atoms with Crippen LogP contribution in [0.3, 0.4) is 0 Å². The standard InChI is InChI=1S/C11H18N2P2/c14-10-8-6-4-2-1-3-5-7-9(8)11(15)13-12-10/h1-7,14-15H2. The monoisotopic (exact) mass is 240 g/mol. The van der Waals surface area contributed by atoms with Crippen LogP contribution < -0.4 is 10.9 Å². The van der Waals surface area contributed by atoms with Crippen molar-refractivity contribution in [1.29, 1.82) is 0 Å². The summed E-state index contributed by atoms with van der Waals surface area (Å²) in [5.74, 6) is 0. The van der Waals surface area contributed by atoms with E-state index in [1.807, 2.05) is 0 Å². The highest BCUT2D eigenvalue weighted by atomic mass is 31.0. The summed E-state index contributed by atoms with van der Waals surface area (Å²) >= 11 is 0. The van der Waals surface area contributed by atoms with Crippen molar-refractivity contribution < 1.29 is 0 Å². The van der Waals surface area contributed by atoms with Gasteiger partial charge in [0, 0.05) is 0 Å². The minimum absolute atomic E-state index is 1.05. The van der Waals surface area contributed by atoms with Crippen LogP contribution in [0.4, 0.5) is 0 Å². The number of nitrogens with zero attached hydrogens (tertiary/aromatic N) is 2. The first-order chi connectivity index (χ1) is 7.29. The maximum atomic E-state index is 4.19. The van der Waals surface area contributed by atoms with Crippen LogP contribution in [0.1, 0.15) is 43.2 Å². The molecule has 1 aliphatic carbocycles. The highest BCUT2D eigenvalue weighted by molar-refractivity contribution is 7.28. The van der Waals surface area contributed by atoms with Crippen LogP contribution in [0.15, 0.2) is 0 Å². The predicted octanol–water partition coefficient (Wildman–Crippen LogP) is 1.53. The highest BCUT2D eigenvalue weighted by Gasteiger charge is 2.12. The van der Waals surface area contributed by atoms with Gasteiger partial charge in [-0.15, -0.1) is 0 Å². The molecule has 2 atom stereocenters. The lowest BCUT2D eigenvalue weighted by molar-refractivity contribution is 0.629. The zero-order chi connectivity index (χ0) is 10.7. The first-order valence-corrected chi connectivity index (χ1v) is 6.84. The minimum atomic E-state index is 1.05. The third-order valence-electron chi connectivity index (χ3n) is 3.10. The second-order valence-corrected chi connectivity index (χ2v) is 5.29. The van der Waals surface area contributed by atoms with E-state index in [0.717, 1.165) is 10.9 Å². The molecule has 0 N–H and O–H groups in total. The summed E-state index contributed by atoms with van der Waals surface area (Å²) in [4.78, 5) is 0. The topological polar surface area (TPSA) is 25.8 Å². The van der Waals surface area contributed by atoms with E-state index < -0.39 is 0 Å². The quantitative estimate of drug-likeness (QED) is 0.643. The normalized spacial score (nSPS) is 17.5. The molecule has 1 heterocycles. The molecule has 4 heteroatoms. The number of hydrogen-bond acceptors (Lipinski definition) is 2. The molecule has 0 bridgehead atoms.